The summed E-state index contributed by atoms with van der Waals surface area (Å²) in [6.07, 6.45) is 26.1. The van der Waals surface area contributed by atoms with Gasteiger partial charge in [-0.05, 0) is 13.3 Å². The van der Waals surface area contributed by atoms with Gasteiger partial charge in [-0.15, -0.1) is 0 Å². The Balaban J connectivity index is 3.22. The molecule has 0 fully saturated rings. The van der Waals surface area contributed by atoms with Crippen molar-refractivity contribution in [3.05, 3.63) is 0 Å². The molecule has 33 heavy (non-hydrogen) atoms. The van der Waals surface area contributed by atoms with Crippen molar-refractivity contribution < 1.29 is 19.1 Å². The number of hydrogen-bond donors (Lipinski definition) is 1. The lowest BCUT2D eigenvalue weighted by atomic mass is 10.0. The summed E-state index contributed by atoms with van der Waals surface area (Å²) < 4.78 is 9.70. The number of alkyl halides is 1. The van der Waals surface area contributed by atoms with Crippen LogP contribution < -0.4 is 5.32 Å². The number of ether oxygens (including phenoxy) is 2. The van der Waals surface area contributed by atoms with Gasteiger partial charge in [-0.25, -0.2) is 9.59 Å². The van der Waals surface area contributed by atoms with Gasteiger partial charge < -0.3 is 14.8 Å². The number of nitrogens with one attached hydrogen (secondary N) is 1. The molecule has 196 valence electrons. The molecule has 1 N–H and O–H groups in total. The molecule has 1 atom stereocenters. The molecule has 0 unspecified atom stereocenters. The third-order valence-corrected chi connectivity index (χ3v) is 6.22. The quantitative estimate of drug-likeness (QED) is 0.0836. The van der Waals surface area contributed by atoms with Crippen LogP contribution in [0.25, 0.3) is 0 Å². The molecule has 0 aromatic rings. The summed E-state index contributed by atoms with van der Waals surface area (Å²) in [5.41, 5.74) is 0. The second-order valence-electron chi connectivity index (χ2n) is 9.29. The minimum Gasteiger partial charge on any atom is -0.464 e. The Hall–Kier alpha value is -0.970. The maximum absolute atomic E-state index is 11.8. The van der Waals surface area contributed by atoms with Crippen molar-refractivity contribution in [2.75, 3.05) is 12.7 Å². The van der Waals surface area contributed by atoms with E-state index in [1.807, 2.05) is 0 Å². The van der Waals surface area contributed by atoms with Crippen LogP contribution in [-0.4, -0.2) is 30.8 Å². The SMILES string of the molecule is CCCCCCCCCCCCCCCCCCCCCCOC(=O)[C@H](C)NC(=O)OCCl. The van der Waals surface area contributed by atoms with Gasteiger partial charge in [-0.1, -0.05) is 141 Å². The molecule has 0 aliphatic carbocycles. The first-order chi connectivity index (χ1) is 16.1. The zero-order chi connectivity index (χ0) is 24.4. The molecule has 0 aromatic heterocycles. The Kier molecular flexibility index (Phi) is 24.9. The van der Waals surface area contributed by atoms with Crippen molar-refractivity contribution in [3.8, 4) is 0 Å². The van der Waals surface area contributed by atoms with Crippen molar-refractivity contribution in [1.82, 2.24) is 5.32 Å². The van der Waals surface area contributed by atoms with Crippen LogP contribution in [-0.2, 0) is 14.3 Å². The number of rotatable bonds is 24. The minimum absolute atomic E-state index is 0.243. The van der Waals surface area contributed by atoms with Gasteiger partial charge in [0.15, 0.2) is 6.07 Å². The summed E-state index contributed by atoms with van der Waals surface area (Å²) >= 11 is 5.29. The van der Waals surface area contributed by atoms with Crippen LogP contribution in [0.15, 0.2) is 0 Å². The highest BCUT2D eigenvalue weighted by Gasteiger charge is 2.17. The van der Waals surface area contributed by atoms with E-state index in [9.17, 15) is 9.59 Å². The zero-order valence-electron chi connectivity index (χ0n) is 21.6. The van der Waals surface area contributed by atoms with Crippen LogP contribution in [0, 0.1) is 0 Å². The smallest absolute Gasteiger partial charge is 0.409 e. The Morgan fingerprint density at radius 2 is 1.00 bits per heavy atom. The lowest BCUT2D eigenvalue weighted by molar-refractivity contribution is -0.145. The van der Waals surface area contributed by atoms with E-state index in [-0.39, 0.29) is 6.07 Å². The first-order valence-corrected chi connectivity index (χ1v) is 14.3. The van der Waals surface area contributed by atoms with Crippen molar-refractivity contribution in [2.24, 2.45) is 0 Å². The molecule has 1 amide bonds. The third-order valence-electron chi connectivity index (χ3n) is 6.12. The fourth-order valence-electron chi connectivity index (χ4n) is 3.98. The molecule has 0 heterocycles. The molecule has 6 heteroatoms. The lowest BCUT2D eigenvalue weighted by Gasteiger charge is -2.12. The molecule has 0 aliphatic heterocycles. The standard InChI is InChI=1S/C27H52ClNO4/c1-3-4-5-6-7-8-9-10-11-12-13-14-15-16-17-18-19-20-21-22-23-32-26(30)25(2)29-27(31)33-24-28/h25H,3-24H2,1-2H3,(H,29,31)/t25-/m0/s1. The maximum Gasteiger partial charge on any atom is 0.409 e. The number of esters is 1. The molecule has 0 bridgehead atoms. The second-order valence-corrected chi connectivity index (χ2v) is 9.51. The van der Waals surface area contributed by atoms with Crippen molar-refractivity contribution in [1.29, 1.82) is 0 Å². The summed E-state index contributed by atoms with van der Waals surface area (Å²) in [5, 5.41) is 2.37. The molecular formula is C27H52ClNO4. The molecule has 0 saturated carbocycles. The van der Waals surface area contributed by atoms with E-state index in [1.54, 1.807) is 6.92 Å². The lowest BCUT2D eigenvalue weighted by Crippen LogP contribution is -2.39. The Labute approximate surface area is 209 Å². The molecule has 5 nitrogen and oxygen atoms in total. The number of unbranched alkanes of at least 4 members (excludes halogenated alkanes) is 19. The van der Waals surface area contributed by atoms with E-state index in [0.29, 0.717) is 6.61 Å². The number of carbonyl (C=O) groups is 2. The van der Waals surface area contributed by atoms with Gasteiger partial charge in [0.1, 0.15) is 6.04 Å². The van der Waals surface area contributed by atoms with Crippen molar-refractivity contribution in [3.63, 3.8) is 0 Å². The molecule has 0 aromatic carbocycles. The van der Waals surface area contributed by atoms with E-state index in [0.717, 1.165) is 12.8 Å². The minimum atomic E-state index is -0.731. The van der Waals surface area contributed by atoms with Crippen LogP contribution in [0.5, 0.6) is 0 Å². The molecule has 0 rings (SSSR count). The van der Waals surface area contributed by atoms with Gasteiger partial charge in [-0.2, -0.15) is 0 Å². The Bertz CT molecular complexity index is 448. The molecule has 0 radical (unpaired) electrons. The molecule has 0 aliphatic rings. The van der Waals surface area contributed by atoms with Crippen molar-refractivity contribution >= 4 is 23.7 Å². The van der Waals surface area contributed by atoms with Crippen LogP contribution in [0.2, 0.25) is 0 Å². The van der Waals surface area contributed by atoms with E-state index in [1.165, 1.54) is 116 Å². The van der Waals surface area contributed by atoms with Gasteiger partial charge in [0.2, 0.25) is 0 Å². The van der Waals surface area contributed by atoms with Gasteiger partial charge in [0.25, 0.3) is 0 Å². The highest BCUT2D eigenvalue weighted by molar-refractivity contribution is 6.17. The average Bonchev–Trinajstić information content (AvgIpc) is 2.80. The zero-order valence-corrected chi connectivity index (χ0v) is 22.4. The highest BCUT2D eigenvalue weighted by Crippen LogP contribution is 2.14. The Morgan fingerprint density at radius 3 is 1.36 bits per heavy atom. The largest absolute Gasteiger partial charge is 0.464 e. The van der Waals surface area contributed by atoms with E-state index in [4.69, 9.17) is 16.3 Å². The number of halogens is 1. The number of amides is 1. The molecule has 0 saturated heterocycles. The van der Waals surface area contributed by atoms with Crippen LogP contribution in [0.3, 0.4) is 0 Å². The molecular weight excluding hydrogens is 438 g/mol. The fraction of sp³-hybridized carbons (Fsp3) is 0.926. The third kappa shape index (κ3) is 24.0. The Morgan fingerprint density at radius 1 is 0.636 bits per heavy atom. The highest BCUT2D eigenvalue weighted by atomic mass is 35.5. The van der Waals surface area contributed by atoms with E-state index in [2.05, 4.69) is 17.0 Å². The topological polar surface area (TPSA) is 64.6 Å². The van der Waals surface area contributed by atoms with Gasteiger partial charge >= 0.3 is 12.1 Å². The predicted octanol–water partition coefficient (Wildman–Crippen LogP) is 8.66. The van der Waals surface area contributed by atoms with E-state index < -0.39 is 18.1 Å². The van der Waals surface area contributed by atoms with Crippen LogP contribution in [0.1, 0.15) is 142 Å². The fourth-order valence-corrected chi connectivity index (χ4v) is 4.08. The monoisotopic (exact) mass is 489 g/mol. The first kappa shape index (κ1) is 32.0. The summed E-state index contributed by atoms with van der Waals surface area (Å²) in [6, 6.07) is -0.974. The number of alkyl carbamates (subject to hydrolysis) is 1. The summed E-state index contributed by atoms with van der Waals surface area (Å²) in [7, 11) is 0. The number of carbonyl (C=O) groups excluding carboxylic acids is 2. The van der Waals surface area contributed by atoms with E-state index >= 15 is 0 Å². The van der Waals surface area contributed by atoms with Gasteiger partial charge in [0, 0.05) is 0 Å². The average molecular weight is 490 g/mol. The maximum atomic E-state index is 11.8. The number of hydrogen-bond acceptors (Lipinski definition) is 4. The summed E-state index contributed by atoms with van der Waals surface area (Å²) in [6.45, 7) is 4.24. The first-order valence-electron chi connectivity index (χ1n) is 13.8. The predicted molar refractivity (Wildman–Crippen MR) is 139 cm³/mol. The summed E-state index contributed by atoms with van der Waals surface area (Å²) in [4.78, 5) is 23.0. The summed E-state index contributed by atoms with van der Waals surface area (Å²) in [5.74, 6) is -0.445. The van der Waals surface area contributed by atoms with Crippen LogP contribution in [0.4, 0.5) is 4.79 Å². The van der Waals surface area contributed by atoms with Gasteiger partial charge in [0.05, 0.1) is 6.61 Å². The van der Waals surface area contributed by atoms with Crippen LogP contribution >= 0.6 is 11.6 Å². The second kappa shape index (κ2) is 25.6. The molecule has 0 spiro atoms. The van der Waals surface area contributed by atoms with Crippen molar-refractivity contribution in [2.45, 2.75) is 148 Å². The van der Waals surface area contributed by atoms with Gasteiger partial charge in [-0.3, -0.25) is 0 Å². The normalized spacial score (nSPS) is 11.8.